The summed E-state index contributed by atoms with van der Waals surface area (Å²) < 4.78 is 22.6. The lowest BCUT2D eigenvalue weighted by molar-refractivity contribution is -0.940. The van der Waals surface area contributed by atoms with E-state index in [4.69, 9.17) is 25.4 Å². The Morgan fingerprint density at radius 1 is 0.815 bits per heavy atom. The second-order valence-electron chi connectivity index (χ2n) is 17.7. The number of aryl methyl sites for hydroxylation is 2. The summed E-state index contributed by atoms with van der Waals surface area (Å²) in [6.45, 7) is 12.7. The van der Waals surface area contributed by atoms with E-state index >= 15 is 0 Å². The maximum Gasteiger partial charge on any atom is 0.308 e. The molecular weight excluding hydrogens is 831 g/mol. The van der Waals surface area contributed by atoms with E-state index in [1.54, 1.807) is 26.8 Å². The molecule has 2 aliphatic rings. The van der Waals surface area contributed by atoms with Crippen LogP contribution in [0.25, 0.3) is 0 Å². The Morgan fingerprint density at radius 2 is 1.42 bits per heavy atom. The maximum absolute atomic E-state index is 14.4. The first-order chi connectivity index (χ1) is 31.0. The largest absolute Gasteiger partial charge is 0.477 e. The molecule has 5 atom stereocenters. The minimum absolute atomic E-state index is 0.0160. The highest BCUT2D eigenvalue weighted by atomic mass is 16.6. The van der Waals surface area contributed by atoms with Crippen molar-refractivity contribution in [3.63, 3.8) is 0 Å². The predicted octanol–water partition coefficient (Wildman–Crippen LogP) is 3.52. The fourth-order valence-electron chi connectivity index (χ4n) is 8.06. The van der Waals surface area contributed by atoms with Crippen molar-refractivity contribution in [2.75, 3.05) is 46.1 Å². The number of esters is 1. The van der Waals surface area contributed by atoms with Crippen LogP contribution in [0.5, 0.6) is 11.5 Å². The van der Waals surface area contributed by atoms with E-state index in [1.807, 2.05) is 80.6 Å². The van der Waals surface area contributed by atoms with Gasteiger partial charge in [-0.05, 0) is 74.8 Å². The Hall–Kier alpha value is -6.08. The Balaban J connectivity index is 1.36. The molecule has 0 saturated carbocycles. The number of benzene rings is 3. The van der Waals surface area contributed by atoms with E-state index in [0.717, 1.165) is 16.7 Å². The number of nitrogens with zero attached hydrogens (tertiary/aromatic N) is 1. The molecule has 0 bridgehead atoms. The Bertz CT molecular complexity index is 2180. The molecule has 65 heavy (non-hydrogen) atoms. The van der Waals surface area contributed by atoms with Gasteiger partial charge in [0.2, 0.25) is 17.7 Å². The van der Waals surface area contributed by atoms with Crippen molar-refractivity contribution in [3.05, 3.63) is 95.1 Å². The molecule has 0 unspecified atom stereocenters. The number of epoxide rings is 1. The van der Waals surface area contributed by atoms with Gasteiger partial charge in [0.25, 0.3) is 5.91 Å². The number of ketones is 1. The number of nitrogens with one attached hydrogen (secondary N) is 4. The Morgan fingerprint density at radius 3 is 2.02 bits per heavy atom. The second-order valence-corrected chi connectivity index (χ2v) is 17.7. The molecule has 0 spiro atoms. The number of carbonyl (C=O) groups is 6. The van der Waals surface area contributed by atoms with Crippen LogP contribution in [0.3, 0.4) is 0 Å². The highest BCUT2D eigenvalue weighted by Crippen LogP contribution is 2.34. The van der Waals surface area contributed by atoms with Crippen LogP contribution < -0.4 is 30.7 Å². The molecule has 4 amide bonds. The molecule has 3 aromatic carbocycles. The number of hydrogen-bond donors (Lipinski definition) is 4. The van der Waals surface area contributed by atoms with Gasteiger partial charge in [-0.3, -0.25) is 28.8 Å². The van der Waals surface area contributed by atoms with Crippen LogP contribution in [0.1, 0.15) is 69.7 Å². The summed E-state index contributed by atoms with van der Waals surface area (Å²) in [7, 11) is 0. The standard InChI is InChI=1S/C50H63N5O10/c1-8-23-63-43-29-39(27-34(4)45(43)65-36(6)56)30-55(21-24-62-25-22-55)31-44(57)52-40(20-19-37-15-11-9-12-16-37)47(59)53-41(26-33(2)3)49(61)54-42(28-38-17-13-10-14-18-38)48(60)51-35(5)46(58)50(7)32-64-50/h1,9-18,27,29,33,35,40-42H,19-26,28,30-32H2,2-7H3,(H3-,51,52,53,54,57,59,60,61)/p+1/t35-,40-,41-,42-,50+/m0/s1. The summed E-state index contributed by atoms with van der Waals surface area (Å²) in [5, 5.41) is 11.6. The number of hydrogen-bond acceptors (Lipinski definition) is 10. The van der Waals surface area contributed by atoms with E-state index in [1.165, 1.54) is 6.92 Å². The molecule has 2 saturated heterocycles. The van der Waals surface area contributed by atoms with Gasteiger partial charge >= 0.3 is 5.97 Å². The SMILES string of the molecule is C#CCOc1cc(C[N+]2(CC(=O)N[C@@H](CCc3ccccc3)C(=O)N[C@@H](CC(C)C)C(=O)N[C@@H](Cc3ccccc3)C(=O)N[C@@H](C)C(=O)[C@@]3(C)CO3)CCOCC2)cc(C)c1OC(C)=O. The smallest absolute Gasteiger partial charge is 0.308 e. The van der Waals surface area contributed by atoms with Gasteiger partial charge in [-0.2, -0.15) is 0 Å². The third kappa shape index (κ3) is 15.0. The molecule has 0 radical (unpaired) electrons. The summed E-state index contributed by atoms with van der Waals surface area (Å²) in [5.74, 6) is 0.171. The average molecular weight is 895 g/mol. The lowest BCUT2D eigenvalue weighted by Crippen LogP contribution is -2.61. The quantitative estimate of drug-likeness (QED) is 0.0361. The van der Waals surface area contributed by atoms with Crippen LogP contribution in [0.15, 0.2) is 72.8 Å². The zero-order valence-electron chi connectivity index (χ0n) is 38.4. The topological polar surface area (TPSA) is 191 Å². The van der Waals surface area contributed by atoms with Crippen molar-refractivity contribution in [2.24, 2.45) is 5.92 Å². The van der Waals surface area contributed by atoms with Gasteiger partial charge in [0.05, 0.1) is 25.9 Å². The number of Topliss-reactive ketones (excluding diaryl/α,β-unsaturated/α-hetero) is 1. The summed E-state index contributed by atoms with van der Waals surface area (Å²) in [4.78, 5) is 81.7. The van der Waals surface area contributed by atoms with Gasteiger partial charge in [-0.1, -0.05) is 80.4 Å². The lowest BCUT2D eigenvalue weighted by Gasteiger charge is -2.41. The summed E-state index contributed by atoms with van der Waals surface area (Å²) in [6, 6.07) is 18.4. The van der Waals surface area contributed by atoms with Crippen molar-refractivity contribution in [2.45, 2.75) is 104 Å². The van der Waals surface area contributed by atoms with Gasteiger partial charge in [0.15, 0.2) is 23.8 Å². The molecule has 2 heterocycles. The maximum atomic E-state index is 14.4. The number of quaternary nitrogens is 1. The van der Waals surface area contributed by atoms with Gasteiger partial charge in [-0.25, -0.2) is 0 Å². The molecule has 5 rings (SSSR count). The first-order valence-corrected chi connectivity index (χ1v) is 22.3. The summed E-state index contributed by atoms with van der Waals surface area (Å²) in [5.41, 5.74) is 2.29. The number of carbonyl (C=O) groups excluding carboxylic acids is 6. The molecule has 2 aliphatic heterocycles. The first-order valence-electron chi connectivity index (χ1n) is 22.3. The van der Waals surface area contributed by atoms with Crippen molar-refractivity contribution in [1.82, 2.24) is 21.3 Å². The van der Waals surface area contributed by atoms with Gasteiger partial charge in [0, 0.05) is 18.9 Å². The van der Waals surface area contributed by atoms with Gasteiger partial charge in [-0.15, -0.1) is 6.42 Å². The summed E-state index contributed by atoms with van der Waals surface area (Å²) in [6.07, 6.45) is 6.55. The number of morpholine rings is 1. The molecule has 4 N–H and O–H groups in total. The molecule has 348 valence electrons. The second kappa shape index (κ2) is 23.2. The van der Waals surface area contributed by atoms with Crippen LogP contribution in [0.4, 0.5) is 0 Å². The van der Waals surface area contributed by atoms with Crippen LogP contribution in [0, 0.1) is 25.2 Å². The van der Waals surface area contributed by atoms with E-state index in [9.17, 15) is 28.8 Å². The van der Waals surface area contributed by atoms with Crippen LogP contribution in [0.2, 0.25) is 0 Å². The van der Waals surface area contributed by atoms with Gasteiger partial charge < -0.3 is 44.7 Å². The van der Waals surface area contributed by atoms with E-state index < -0.39 is 53.5 Å². The number of rotatable bonds is 23. The molecule has 15 nitrogen and oxygen atoms in total. The number of amides is 4. The fraction of sp³-hybridized carbons (Fsp3) is 0.480. The molecule has 0 aromatic heterocycles. The summed E-state index contributed by atoms with van der Waals surface area (Å²) >= 11 is 0. The zero-order chi connectivity index (χ0) is 47.1. The van der Waals surface area contributed by atoms with Gasteiger partial charge in [0.1, 0.15) is 50.0 Å². The predicted molar refractivity (Wildman–Crippen MR) is 243 cm³/mol. The van der Waals surface area contributed by atoms with Crippen LogP contribution in [-0.2, 0) is 57.6 Å². The zero-order valence-corrected chi connectivity index (χ0v) is 38.4. The normalized spacial score (nSPS) is 18.1. The molecule has 2 fully saturated rings. The molecule has 3 aromatic rings. The minimum Gasteiger partial charge on any atom is -0.477 e. The fourth-order valence-corrected chi connectivity index (χ4v) is 8.06. The van der Waals surface area contributed by atoms with Crippen molar-refractivity contribution < 1.29 is 52.2 Å². The van der Waals surface area contributed by atoms with Crippen LogP contribution in [-0.4, -0.2) is 116 Å². The number of terminal acetylenes is 1. The van der Waals surface area contributed by atoms with Crippen molar-refractivity contribution in [1.29, 1.82) is 0 Å². The van der Waals surface area contributed by atoms with E-state index in [0.29, 0.717) is 55.1 Å². The third-order valence-electron chi connectivity index (χ3n) is 11.6. The van der Waals surface area contributed by atoms with E-state index in [2.05, 4.69) is 27.2 Å². The molecular formula is C50H64N5O10+. The first kappa shape index (κ1) is 49.9. The highest BCUT2D eigenvalue weighted by Gasteiger charge is 2.49. The Kier molecular flexibility index (Phi) is 17.8. The van der Waals surface area contributed by atoms with Crippen molar-refractivity contribution in [3.8, 4) is 23.8 Å². The molecule has 0 aliphatic carbocycles. The van der Waals surface area contributed by atoms with Crippen LogP contribution >= 0.6 is 0 Å². The average Bonchev–Trinajstić information content (AvgIpc) is 4.03. The third-order valence-corrected chi connectivity index (χ3v) is 11.6. The molecule has 15 heteroatoms. The number of ether oxygens (including phenoxy) is 4. The monoisotopic (exact) mass is 894 g/mol. The minimum atomic E-state index is -1.08. The van der Waals surface area contributed by atoms with Crippen molar-refractivity contribution >= 4 is 35.4 Å². The van der Waals surface area contributed by atoms with E-state index in [-0.39, 0.29) is 62.4 Å². The highest BCUT2D eigenvalue weighted by molar-refractivity contribution is 5.98. The lowest BCUT2D eigenvalue weighted by atomic mass is 9.99. The Labute approximate surface area is 382 Å².